The molecule has 3 rings (SSSR count). The van der Waals surface area contributed by atoms with Crippen molar-refractivity contribution < 1.29 is 19.4 Å². The van der Waals surface area contributed by atoms with E-state index in [-0.39, 0.29) is 23.4 Å². The number of carbonyl (C=O) groups is 2. The molecule has 0 unspecified atom stereocenters. The first-order valence-corrected chi connectivity index (χ1v) is 7.07. The second kappa shape index (κ2) is 5.24. The van der Waals surface area contributed by atoms with E-state index < -0.39 is 12.0 Å². The summed E-state index contributed by atoms with van der Waals surface area (Å²) >= 11 is 0. The molecular weight excluding hydrogens is 270 g/mol. The number of carbonyl (C=O) groups excluding carboxylic acids is 2. The van der Waals surface area contributed by atoms with Gasteiger partial charge >= 0.3 is 5.97 Å². The molecule has 5 nitrogen and oxygen atoms in total. The number of ether oxygens (including phenoxy) is 1. The molecule has 1 aliphatic heterocycles. The number of allylic oxidation sites excluding steroid dienone is 2. The molecule has 1 aliphatic carbocycles. The van der Waals surface area contributed by atoms with E-state index in [0.29, 0.717) is 6.61 Å². The highest BCUT2D eigenvalue weighted by atomic mass is 16.5. The number of nitrogens with one attached hydrogen (secondary N) is 1. The molecule has 0 amide bonds. The Morgan fingerprint density at radius 2 is 2.24 bits per heavy atom. The molecule has 0 spiro atoms. The van der Waals surface area contributed by atoms with Crippen molar-refractivity contribution in [1.82, 2.24) is 0 Å². The summed E-state index contributed by atoms with van der Waals surface area (Å²) in [5.74, 6) is -1.35. The minimum Gasteiger partial charge on any atom is -0.545 e. The van der Waals surface area contributed by atoms with Gasteiger partial charge in [0.05, 0.1) is 12.6 Å². The van der Waals surface area contributed by atoms with Crippen molar-refractivity contribution in [3.63, 3.8) is 0 Å². The topological polar surface area (TPSA) is 78.5 Å². The zero-order chi connectivity index (χ0) is 15.0. The minimum absolute atomic E-state index is 0.0370. The molecule has 1 aromatic rings. The smallest absolute Gasteiger partial charge is 0.328 e. The van der Waals surface area contributed by atoms with E-state index in [1.807, 2.05) is 12.2 Å². The molecule has 0 bridgehead atoms. The van der Waals surface area contributed by atoms with Crippen LogP contribution in [0.4, 0.5) is 5.69 Å². The highest BCUT2D eigenvalue weighted by molar-refractivity contribution is 5.88. The van der Waals surface area contributed by atoms with E-state index in [0.717, 1.165) is 17.7 Å². The van der Waals surface area contributed by atoms with E-state index >= 15 is 0 Å². The van der Waals surface area contributed by atoms with Crippen LogP contribution in [0.15, 0.2) is 30.4 Å². The van der Waals surface area contributed by atoms with E-state index in [1.54, 1.807) is 19.1 Å². The molecule has 3 atom stereocenters. The summed E-state index contributed by atoms with van der Waals surface area (Å²) in [4.78, 5) is 23.1. The molecule has 110 valence electrons. The van der Waals surface area contributed by atoms with Gasteiger partial charge in [0.15, 0.2) is 0 Å². The van der Waals surface area contributed by atoms with Gasteiger partial charge < -0.3 is 20.0 Å². The molecular formula is C16H16NO4-. The summed E-state index contributed by atoms with van der Waals surface area (Å²) in [7, 11) is 0. The van der Waals surface area contributed by atoms with Crippen LogP contribution in [-0.4, -0.2) is 24.6 Å². The van der Waals surface area contributed by atoms with Crippen molar-refractivity contribution in [3.8, 4) is 0 Å². The normalized spacial score (nSPS) is 25.7. The number of carboxylic acids is 1. The van der Waals surface area contributed by atoms with Crippen LogP contribution in [0, 0.1) is 5.92 Å². The van der Waals surface area contributed by atoms with Crippen LogP contribution in [0.2, 0.25) is 0 Å². The Labute approximate surface area is 122 Å². The number of aromatic carboxylic acids is 1. The molecule has 0 saturated carbocycles. The van der Waals surface area contributed by atoms with Gasteiger partial charge in [-0.25, -0.2) is 4.79 Å². The number of hydrogen-bond donors (Lipinski definition) is 1. The zero-order valence-corrected chi connectivity index (χ0v) is 11.7. The Bertz CT molecular complexity index is 623. The third kappa shape index (κ3) is 2.28. The van der Waals surface area contributed by atoms with Crippen molar-refractivity contribution in [3.05, 3.63) is 41.5 Å². The van der Waals surface area contributed by atoms with Gasteiger partial charge in [-0.2, -0.15) is 0 Å². The van der Waals surface area contributed by atoms with Crippen molar-refractivity contribution in [2.24, 2.45) is 5.92 Å². The highest BCUT2D eigenvalue weighted by Crippen LogP contribution is 2.45. The first-order chi connectivity index (χ1) is 10.1. The Kier molecular flexibility index (Phi) is 3.41. The number of rotatable bonds is 3. The van der Waals surface area contributed by atoms with Gasteiger partial charge in [-0.05, 0) is 36.6 Å². The molecule has 0 saturated heterocycles. The van der Waals surface area contributed by atoms with Crippen LogP contribution < -0.4 is 10.4 Å². The standard InChI is InChI=1S/C16H17NO4/c1-2-21-16(20)14-11-5-3-4-10(11)12-8-9(15(18)19)6-7-13(12)17-14/h3-4,6-8,10-11,14,17H,2,5H2,1H3,(H,18,19)/p-1/t10-,11-,14-/m0/s1. The van der Waals surface area contributed by atoms with E-state index in [4.69, 9.17) is 4.74 Å². The predicted molar refractivity (Wildman–Crippen MR) is 74.8 cm³/mol. The van der Waals surface area contributed by atoms with Crippen molar-refractivity contribution in [2.75, 3.05) is 11.9 Å². The monoisotopic (exact) mass is 286 g/mol. The van der Waals surface area contributed by atoms with Crippen molar-refractivity contribution >= 4 is 17.6 Å². The summed E-state index contributed by atoms with van der Waals surface area (Å²) in [6, 6.07) is 4.41. The van der Waals surface area contributed by atoms with Gasteiger partial charge in [0, 0.05) is 17.5 Å². The molecule has 21 heavy (non-hydrogen) atoms. The van der Waals surface area contributed by atoms with Crippen LogP contribution in [-0.2, 0) is 9.53 Å². The Morgan fingerprint density at radius 3 is 2.95 bits per heavy atom. The molecule has 1 aromatic carbocycles. The molecule has 5 heteroatoms. The van der Waals surface area contributed by atoms with Gasteiger partial charge in [-0.15, -0.1) is 0 Å². The van der Waals surface area contributed by atoms with E-state index in [1.165, 1.54) is 6.07 Å². The molecule has 2 aliphatic rings. The lowest BCUT2D eigenvalue weighted by molar-refractivity contribution is -0.255. The van der Waals surface area contributed by atoms with Gasteiger partial charge in [-0.1, -0.05) is 18.2 Å². The van der Waals surface area contributed by atoms with E-state index in [9.17, 15) is 14.7 Å². The summed E-state index contributed by atoms with van der Waals surface area (Å²) < 4.78 is 5.13. The second-order valence-electron chi connectivity index (χ2n) is 5.32. The first kappa shape index (κ1) is 13.7. The Morgan fingerprint density at radius 1 is 1.43 bits per heavy atom. The minimum atomic E-state index is -1.19. The van der Waals surface area contributed by atoms with Crippen LogP contribution >= 0.6 is 0 Å². The lowest BCUT2D eigenvalue weighted by atomic mass is 9.79. The summed E-state index contributed by atoms with van der Waals surface area (Å²) in [6.07, 6.45) is 4.84. The first-order valence-electron chi connectivity index (χ1n) is 7.07. The van der Waals surface area contributed by atoms with Crippen molar-refractivity contribution in [1.29, 1.82) is 0 Å². The number of carboxylic acid groups (broad SMARTS) is 1. The quantitative estimate of drug-likeness (QED) is 0.664. The summed E-state index contributed by atoms with van der Waals surface area (Å²) in [6.45, 7) is 2.13. The summed E-state index contributed by atoms with van der Waals surface area (Å²) in [5.41, 5.74) is 1.84. The van der Waals surface area contributed by atoms with Gasteiger partial charge in [-0.3, -0.25) is 0 Å². The zero-order valence-electron chi connectivity index (χ0n) is 11.7. The molecule has 0 radical (unpaired) electrons. The maximum absolute atomic E-state index is 12.1. The van der Waals surface area contributed by atoms with Crippen LogP contribution in [0.5, 0.6) is 0 Å². The predicted octanol–water partition coefficient (Wildman–Crippen LogP) is 1.07. The van der Waals surface area contributed by atoms with E-state index in [2.05, 4.69) is 5.32 Å². The fraction of sp³-hybridized carbons (Fsp3) is 0.375. The fourth-order valence-corrected chi connectivity index (χ4v) is 3.19. The SMILES string of the molecule is CCOC(=O)[C@H]1Nc2ccc(C(=O)[O-])cc2[C@H]2C=CC[C@H]12. The maximum atomic E-state index is 12.1. The Hall–Kier alpha value is -2.30. The number of fused-ring (bicyclic) bond motifs is 3. The Balaban J connectivity index is 1.98. The lowest BCUT2D eigenvalue weighted by Crippen LogP contribution is -2.43. The fourth-order valence-electron chi connectivity index (χ4n) is 3.19. The van der Waals surface area contributed by atoms with Gasteiger partial charge in [0.25, 0.3) is 0 Å². The van der Waals surface area contributed by atoms with Gasteiger partial charge in [0.1, 0.15) is 6.04 Å². The number of benzene rings is 1. The molecule has 1 N–H and O–H groups in total. The number of anilines is 1. The van der Waals surface area contributed by atoms with Crippen LogP contribution in [0.3, 0.4) is 0 Å². The summed E-state index contributed by atoms with van der Waals surface area (Å²) in [5, 5.41) is 14.2. The third-order valence-corrected chi connectivity index (χ3v) is 4.14. The maximum Gasteiger partial charge on any atom is 0.328 e. The third-order valence-electron chi connectivity index (χ3n) is 4.14. The second-order valence-corrected chi connectivity index (χ2v) is 5.32. The molecule has 0 fully saturated rings. The average Bonchev–Trinajstić information content (AvgIpc) is 2.95. The van der Waals surface area contributed by atoms with Crippen molar-refractivity contribution in [2.45, 2.75) is 25.3 Å². The largest absolute Gasteiger partial charge is 0.545 e. The number of hydrogen-bond acceptors (Lipinski definition) is 5. The van der Waals surface area contributed by atoms with Crippen LogP contribution in [0.25, 0.3) is 0 Å². The molecule has 0 aromatic heterocycles. The average molecular weight is 286 g/mol. The molecule has 1 heterocycles. The highest BCUT2D eigenvalue weighted by Gasteiger charge is 2.41. The van der Waals surface area contributed by atoms with Gasteiger partial charge in [0.2, 0.25) is 0 Å². The number of esters is 1. The van der Waals surface area contributed by atoms with Crippen LogP contribution in [0.1, 0.15) is 35.2 Å². The lowest BCUT2D eigenvalue weighted by Gasteiger charge is -2.35.